The number of hydrogen-bond acceptors (Lipinski definition) is 2. The quantitative estimate of drug-likeness (QED) is 0.848. The van der Waals surface area contributed by atoms with Gasteiger partial charge in [-0.1, -0.05) is 32.0 Å². The lowest BCUT2D eigenvalue weighted by atomic mass is 9.83. The molecule has 0 unspecified atom stereocenters. The Hall–Kier alpha value is -1.35. The molecule has 0 heterocycles. The first-order chi connectivity index (χ1) is 8.53. The molecular weight excluding hydrogens is 226 g/mol. The molecule has 98 valence electrons. The summed E-state index contributed by atoms with van der Waals surface area (Å²) in [6, 6.07) is 6.65. The summed E-state index contributed by atoms with van der Waals surface area (Å²) in [7, 11) is 0. The number of aliphatic hydroxyl groups is 1. The largest absolute Gasteiger partial charge is 0.387 e. The fourth-order valence-electron chi connectivity index (χ4n) is 2.47. The van der Waals surface area contributed by atoms with Crippen LogP contribution in [0.1, 0.15) is 37.0 Å². The molecule has 0 bridgehead atoms. The highest BCUT2D eigenvalue weighted by atomic mass is 16.3. The van der Waals surface area contributed by atoms with Gasteiger partial charge in [0.05, 0.1) is 0 Å². The summed E-state index contributed by atoms with van der Waals surface area (Å²) >= 11 is 0. The number of nitrogens with one attached hydrogen (secondary N) is 1. The fourth-order valence-corrected chi connectivity index (χ4v) is 2.47. The minimum Gasteiger partial charge on any atom is -0.387 e. The molecular formula is C15H21NO2. The SMILES string of the molecule is CC(C)(CNC(=O)CO)c1ccc2c(c1)CCC2. The average molecular weight is 247 g/mol. The third-order valence-corrected chi connectivity index (χ3v) is 3.75. The Labute approximate surface area is 108 Å². The monoisotopic (exact) mass is 247 g/mol. The molecule has 1 aromatic rings. The van der Waals surface area contributed by atoms with Gasteiger partial charge in [-0.3, -0.25) is 4.79 Å². The average Bonchev–Trinajstić information content (AvgIpc) is 2.83. The second-order valence-electron chi connectivity index (χ2n) is 5.66. The van der Waals surface area contributed by atoms with Gasteiger partial charge in [0.15, 0.2) is 0 Å². The fraction of sp³-hybridized carbons (Fsp3) is 0.533. The van der Waals surface area contributed by atoms with Crippen molar-refractivity contribution in [1.29, 1.82) is 0 Å². The lowest BCUT2D eigenvalue weighted by Crippen LogP contribution is -2.38. The van der Waals surface area contributed by atoms with Crippen LogP contribution in [0.3, 0.4) is 0 Å². The van der Waals surface area contributed by atoms with E-state index in [2.05, 4.69) is 37.4 Å². The minimum atomic E-state index is -0.444. The summed E-state index contributed by atoms with van der Waals surface area (Å²) in [5, 5.41) is 11.5. The molecule has 2 N–H and O–H groups in total. The van der Waals surface area contributed by atoms with Crippen LogP contribution in [-0.4, -0.2) is 24.2 Å². The van der Waals surface area contributed by atoms with Crippen molar-refractivity contribution in [2.75, 3.05) is 13.2 Å². The van der Waals surface area contributed by atoms with Gasteiger partial charge in [0, 0.05) is 12.0 Å². The molecule has 1 aliphatic carbocycles. The van der Waals surface area contributed by atoms with Crippen LogP contribution in [0.2, 0.25) is 0 Å². The first kappa shape index (κ1) is 13.1. The number of benzene rings is 1. The van der Waals surface area contributed by atoms with Gasteiger partial charge in [0.1, 0.15) is 6.61 Å². The van der Waals surface area contributed by atoms with E-state index >= 15 is 0 Å². The zero-order valence-corrected chi connectivity index (χ0v) is 11.1. The van der Waals surface area contributed by atoms with Crippen molar-refractivity contribution in [3.8, 4) is 0 Å². The maximum atomic E-state index is 11.1. The Bertz CT molecular complexity index is 452. The maximum absolute atomic E-state index is 11.1. The van der Waals surface area contributed by atoms with Crippen molar-refractivity contribution < 1.29 is 9.90 Å². The number of aryl methyl sites for hydroxylation is 2. The zero-order chi connectivity index (χ0) is 13.2. The van der Waals surface area contributed by atoms with Crippen LogP contribution in [0.4, 0.5) is 0 Å². The van der Waals surface area contributed by atoms with Crippen molar-refractivity contribution in [1.82, 2.24) is 5.32 Å². The number of amides is 1. The number of fused-ring (bicyclic) bond motifs is 1. The Morgan fingerprint density at radius 3 is 2.78 bits per heavy atom. The predicted molar refractivity (Wildman–Crippen MR) is 71.6 cm³/mol. The van der Waals surface area contributed by atoms with Gasteiger partial charge in [0.25, 0.3) is 0 Å². The number of rotatable bonds is 4. The maximum Gasteiger partial charge on any atom is 0.245 e. The summed E-state index contributed by atoms with van der Waals surface area (Å²) in [6.07, 6.45) is 3.61. The molecule has 18 heavy (non-hydrogen) atoms. The molecule has 0 radical (unpaired) electrons. The summed E-state index contributed by atoms with van der Waals surface area (Å²) in [5.74, 6) is -0.316. The smallest absolute Gasteiger partial charge is 0.245 e. The molecule has 0 fully saturated rings. The van der Waals surface area contributed by atoms with Crippen molar-refractivity contribution in [3.63, 3.8) is 0 Å². The number of aliphatic hydroxyl groups excluding tert-OH is 1. The van der Waals surface area contributed by atoms with Gasteiger partial charge >= 0.3 is 0 Å². The highest BCUT2D eigenvalue weighted by molar-refractivity contribution is 5.76. The van der Waals surface area contributed by atoms with E-state index in [0.29, 0.717) is 6.54 Å². The molecule has 3 nitrogen and oxygen atoms in total. The van der Waals surface area contributed by atoms with E-state index in [1.54, 1.807) is 0 Å². The second kappa shape index (κ2) is 5.11. The van der Waals surface area contributed by atoms with Crippen molar-refractivity contribution >= 4 is 5.91 Å². The molecule has 0 atom stereocenters. The molecule has 0 saturated heterocycles. The standard InChI is InChI=1S/C15H21NO2/c1-15(2,10-16-14(18)9-17)13-7-6-11-4-3-5-12(11)8-13/h6-8,17H,3-5,9-10H2,1-2H3,(H,16,18). The van der Waals surface area contributed by atoms with Crippen LogP contribution >= 0.6 is 0 Å². The first-order valence-electron chi connectivity index (χ1n) is 6.53. The molecule has 1 aliphatic rings. The molecule has 0 aromatic heterocycles. The Morgan fingerprint density at radius 2 is 2.06 bits per heavy atom. The molecule has 2 rings (SSSR count). The highest BCUT2D eigenvalue weighted by Gasteiger charge is 2.23. The first-order valence-corrected chi connectivity index (χ1v) is 6.53. The summed E-state index contributed by atoms with van der Waals surface area (Å²) < 4.78 is 0. The van der Waals surface area contributed by atoms with E-state index in [4.69, 9.17) is 5.11 Å². The molecule has 0 spiro atoms. The Kier molecular flexibility index (Phi) is 3.71. The third kappa shape index (κ3) is 2.72. The Balaban J connectivity index is 2.11. The molecule has 1 aromatic carbocycles. The van der Waals surface area contributed by atoms with Crippen molar-refractivity contribution in [3.05, 3.63) is 34.9 Å². The summed E-state index contributed by atoms with van der Waals surface area (Å²) in [5.41, 5.74) is 4.06. The van der Waals surface area contributed by atoms with E-state index in [0.717, 1.165) is 0 Å². The lowest BCUT2D eigenvalue weighted by Gasteiger charge is -2.26. The second-order valence-corrected chi connectivity index (χ2v) is 5.66. The lowest BCUT2D eigenvalue weighted by molar-refractivity contribution is -0.124. The summed E-state index contributed by atoms with van der Waals surface area (Å²) in [6.45, 7) is 4.33. The van der Waals surface area contributed by atoms with Crippen LogP contribution in [-0.2, 0) is 23.1 Å². The Morgan fingerprint density at radius 1 is 1.33 bits per heavy atom. The van der Waals surface area contributed by atoms with Crippen LogP contribution < -0.4 is 5.32 Å². The van der Waals surface area contributed by atoms with Crippen molar-refractivity contribution in [2.45, 2.75) is 38.5 Å². The summed E-state index contributed by atoms with van der Waals surface area (Å²) in [4.78, 5) is 11.1. The molecule has 3 heteroatoms. The van der Waals surface area contributed by atoms with Gasteiger partial charge in [-0.15, -0.1) is 0 Å². The minimum absolute atomic E-state index is 0.109. The van der Waals surface area contributed by atoms with Gasteiger partial charge in [-0.25, -0.2) is 0 Å². The topological polar surface area (TPSA) is 49.3 Å². The van der Waals surface area contributed by atoms with Gasteiger partial charge in [-0.2, -0.15) is 0 Å². The molecule has 0 aliphatic heterocycles. The predicted octanol–water partition coefficient (Wildman–Crippen LogP) is 1.56. The number of carbonyl (C=O) groups excluding carboxylic acids is 1. The van der Waals surface area contributed by atoms with E-state index in [1.807, 2.05) is 0 Å². The van der Waals surface area contributed by atoms with Crippen LogP contribution in [0.25, 0.3) is 0 Å². The van der Waals surface area contributed by atoms with Crippen molar-refractivity contribution in [2.24, 2.45) is 0 Å². The normalized spacial score (nSPS) is 14.4. The van der Waals surface area contributed by atoms with Gasteiger partial charge < -0.3 is 10.4 Å². The van der Waals surface area contributed by atoms with Crippen LogP contribution in [0.15, 0.2) is 18.2 Å². The zero-order valence-electron chi connectivity index (χ0n) is 11.1. The van der Waals surface area contributed by atoms with E-state index in [-0.39, 0.29) is 11.3 Å². The third-order valence-electron chi connectivity index (χ3n) is 3.75. The molecule has 1 amide bonds. The number of carbonyl (C=O) groups is 1. The molecule has 0 saturated carbocycles. The van der Waals surface area contributed by atoms with Gasteiger partial charge in [0.2, 0.25) is 5.91 Å². The number of hydrogen-bond donors (Lipinski definition) is 2. The highest BCUT2D eigenvalue weighted by Crippen LogP contribution is 2.29. The van der Waals surface area contributed by atoms with Crippen LogP contribution in [0, 0.1) is 0 Å². The van der Waals surface area contributed by atoms with Crippen LogP contribution in [0.5, 0.6) is 0 Å². The van der Waals surface area contributed by atoms with E-state index in [9.17, 15) is 4.79 Å². The van der Waals surface area contributed by atoms with Gasteiger partial charge in [-0.05, 0) is 36.0 Å². The van der Waals surface area contributed by atoms with E-state index in [1.165, 1.54) is 36.0 Å². The van der Waals surface area contributed by atoms with E-state index < -0.39 is 6.61 Å².